The zero-order valence-electron chi connectivity index (χ0n) is 12.4. The summed E-state index contributed by atoms with van der Waals surface area (Å²) in [5.74, 6) is 0. The molecule has 0 aliphatic heterocycles. The fraction of sp³-hybridized carbons (Fsp3) is 0.176. The van der Waals surface area contributed by atoms with Gasteiger partial charge in [0.1, 0.15) is 0 Å². The van der Waals surface area contributed by atoms with Gasteiger partial charge < -0.3 is 9.88 Å². The summed E-state index contributed by atoms with van der Waals surface area (Å²) < 4.78 is 1.59. The zero-order valence-corrected chi connectivity index (χ0v) is 13.2. The molecule has 4 nitrogen and oxygen atoms in total. The highest BCUT2D eigenvalue weighted by Gasteiger charge is 2.07. The molecule has 0 saturated heterocycles. The van der Waals surface area contributed by atoms with Crippen LogP contribution in [0.3, 0.4) is 0 Å². The van der Waals surface area contributed by atoms with Crippen LogP contribution >= 0.6 is 11.6 Å². The highest BCUT2D eigenvalue weighted by atomic mass is 35.5. The molecule has 0 fully saturated rings. The van der Waals surface area contributed by atoms with Crippen LogP contribution < -0.4 is 10.9 Å². The Kier molecular flexibility index (Phi) is 3.86. The topological polar surface area (TPSA) is 46.9 Å². The molecule has 3 rings (SSSR count). The maximum atomic E-state index is 12.1. The average molecular weight is 314 g/mol. The molecule has 22 heavy (non-hydrogen) atoms. The Labute approximate surface area is 133 Å². The summed E-state index contributed by atoms with van der Waals surface area (Å²) in [7, 11) is 1.75. The van der Waals surface area contributed by atoms with Gasteiger partial charge in [-0.3, -0.25) is 9.78 Å². The summed E-state index contributed by atoms with van der Waals surface area (Å²) in [6, 6.07) is 7.75. The van der Waals surface area contributed by atoms with Crippen LogP contribution in [0.5, 0.6) is 0 Å². The molecular weight excluding hydrogens is 298 g/mol. The van der Waals surface area contributed by atoms with E-state index < -0.39 is 0 Å². The predicted octanol–water partition coefficient (Wildman–Crippen LogP) is 3.51. The Morgan fingerprint density at radius 3 is 2.86 bits per heavy atom. The minimum atomic E-state index is -0.0368. The van der Waals surface area contributed by atoms with Gasteiger partial charge in [0.25, 0.3) is 5.56 Å². The van der Waals surface area contributed by atoms with Gasteiger partial charge in [0.2, 0.25) is 0 Å². The van der Waals surface area contributed by atoms with E-state index in [0.29, 0.717) is 11.9 Å². The fourth-order valence-electron chi connectivity index (χ4n) is 2.44. The number of hydrogen-bond acceptors (Lipinski definition) is 3. The van der Waals surface area contributed by atoms with Crippen molar-refractivity contribution in [3.63, 3.8) is 0 Å². The van der Waals surface area contributed by atoms with Crippen molar-refractivity contribution in [3.8, 4) is 0 Å². The van der Waals surface area contributed by atoms with Crippen molar-refractivity contribution in [1.29, 1.82) is 0 Å². The van der Waals surface area contributed by atoms with Gasteiger partial charge in [-0.15, -0.1) is 0 Å². The Hall–Kier alpha value is -2.33. The Morgan fingerprint density at radius 1 is 1.27 bits per heavy atom. The largest absolute Gasteiger partial charge is 0.381 e. The predicted molar refractivity (Wildman–Crippen MR) is 90.5 cm³/mol. The molecule has 0 unspecified atom stereocenters. The van der Waals surface area contributed by atoms with E-state index >= 15 is 0 Å². The molecule has 0 aliphatic carbocycles. The van der Waals surface area contributed by atoms with Crippen LogP contribution in [-0.2, 0) is 13.6 Å². The van der Waals surface area contributed by atoms with E-state index in [1.54, 1.807) is 24.0 Å². The number of hydrogen-bond donors (Lipinski definition) is 1. The average Bonchev–Trinajstić information content (AvgIpc) is 2.53. The molecule has 112 valence electrons. The van der Waals surface area contributed by atoms with Gasteiger partial charge in [-0.1, -0.05) is 17.7 Å². The molecule has 0 amide bonds. The number of aryl methyl sites for hydroxylation is 2. The normalized spacial score (nSPS) is 10.9. The van der Waals surface area contributed by atoms with Crippen LogP contribution in [0.15, 0.2) is 47.7 Å². The molecule has 2 aromatic heterocycles. The van der Waals surface area contributed by atoms with E-state index in [1.165, 1.54) is 0 Å². The lowest BCUT2D eigenvalue weighted by Gasteiger charge is -2.11. The highest BCUT2D eigenvalue weighted by molar-refractivity contribution is 6.31. The molecule has 0 bridgehead atoms. The van der Waals surface area contributed by atoms with Gasteiger partial charge in [0.15, 0.2) is 0 Å². The lowest BCUT2D eigenvalue weighted by Crippen LogP contribution is -2.18. The second kappa shape index (κ2) is 5.81. The number of anilines is 1. The first kappa shape index (κ1) is 14.6. The summed E-state index contributed by atoms with van der Waals surface area (Å²) in [5, 5.41) is 5.63. The van der Waals surface area contributed by atoms with Gasteiger partial charge in [-0.05, 0) is 41.6 Å². The first-order valence-corrected chi connectivity index (χ1v) is 7.36. The number of fused-ring (bicyclic) bond motifs is 1. The van der Waals surface area contributed by atoms with Crippen LogP contribution in [0.2, 0.25) is 5.02 Å². The molecule has 1 N–H and O–H groups in total. The standard InChI is InChI=1S/C17H16ClN3O/c1-11-3-4-13(7-16(11)18)20-8-12-10-21(2)17(22)15-9-19-6-5-14(12)15/h3-7,9-10,20H,8H2,1-2H3. The van der Waals surface area contributed by atoms with Crippen molar-refractivity contribution in [2.75, 3.05) is 5.32 Å². The molecular formula is C17H16ClN3O. The molecule has 0 radical (unpaired) electrons. The monoisotopic (exact) mass is 313 g/mol. The van der Waals surface area contributed by atoms with Gasteiger partial charge in [-0.25, -0.2) is 0 Å². The van der Waals surface area contributed by atoms with Crippen molar-refractivity contribution in [2.45, 2.75) is 13.5 Å². The second-order valence-electron chi connectivity index (χ2n) is 5.31. The second-order valence-corrected chi connectivity index (χ2v) is 5.72. The van der Waals surface area contributed by atoms with Crippen molar-refractivity contribution in [3.05, 3.63) is 69.4 Å². The minimum Gasteiger partial charge on any atom is -0.381 e. The van der Waals surface area contributed by atoms with Crippen molar-refractivity contribution >= 4 is 28.1 Å². The summed E-state index contributed by atoms with van der Waals surface area (Å²) in [4.78, 5) is 16.2. The molecule has 0 atom stereocenters. The quantitative estimate of drug-likeness (QED) is 0.805. The number of aromatic nitrogens is 2. The number of pyridine rings is 2. The van der Waals surface area contributed by atoms with E-state index in [-0.39, 0.29) is 5.56 Å². The van der Waals surface area contributed by atoms with E-state index in [1.807, 2.05) is 37.4 Å². The van der Waals surface area contributed by atoms with Gasteiger partial charge in [-0.2, -0.15) is 0 Å². The number of benzene rings is 1. The third kappa shape index (κ3) is 2.70. The first-order chi connectivity index (χ1) is 10.6. The third-order valence-electron chi connectivity index (χ3n) is 3.72. The highest BCUT2D eigenvalue weighted by Crippen LogP contribution is 2.21. The van der Waals surface area contributed by atoms with Crippen molar-refractivity contribution in [1.82, 2.24) is 9.55 Å². The minimum absolute atomic E-state index is 0.0368. The summed E-state index contributed by atoms with van der Waals surface area (Å²) in [6.45, 7) is 2.58. The van der Waals surface area contributed by atoms with E-state index in [4.69, 9.17) is 11.6 Å². The Balaban J connectivity index is 1.95. The first-order valence-electron chi connectivity index (χ1n) is 6.98. The molecule has 0 spiro atoms. The molecule has 2 heterocycles. The fourth-order valence-corrected chi connectivity index (χ4v) is 2.62. The molecule has 0 aliphatic rings. The van der Waals surface area contributed by atoms with Gasteiger partial charge in [0.05, 0.1) is 5.39 Å². The maximum absolute atomic E-state index is 12.1. The smallest absolute Gasteiger partial charge is 0.259 e. The third-order valence-corrected chi connectivity index (χ3v) is 4.13. The number of halogens is 1. The lowest BCUT2D eigenvalue weighted by molar-refractivity contribution is 0.857. The Morgan fingerprint density at radius 2 is 2.09 bits per heavy atom. The Bertz CT molecular complexity index is 902. The zero-order chi connectivity index (χ0) is 15.7. The SMILES string of the molecule is Cc1ccc(NCc2cn(C)c(=O)c3cnccc23)cc1Cl. The molecule has 1 aromatic carbocycles. The molecule has 5 heteroatoms. The van der Waals surface area contributed by atoms with Crippen molar-refractivity contribution < 1.29 is 0 Å². The van der Waals surface area contributed by atoms with Crippen LogP contribution in [0.4, 0.5) is 5.69 Å². The summed E-state index contributed by atoms with van der Waals surface area (Å²) in [6.07, 6.45) is 5.17. The van der Waals surface area contributed by atoms with Crippen molar-refractivity contribution in [2.24, 2.45) is 7.05 Å². The van der Waals surface area contributed by atoms with E-state index in [2.05, 4.69) is 10.3 Å². The number of nitrogens with one attached hydrogen (secondary N) is 1. The summed E-state index contributed by atoms with van der Waals surface area (Å²) in [5.41, 5.74) is 3.00. The maximum Gasteiger partial charge on any atom is 0.259 e. The van der Waals surface area contributed by atoms with Crippen LogP contribution in [0, 0.1) is 6.92 Å². The van der Waals surface area contributed by atoms with Gasteiger partial charge in [0, 0.05) is 42.9 Å². The van der Waals surface area contributed by atoms with Crippen LogP contribution in [0.25, 0.3) is 10.8 Å². The van der Waals surface area contributed by atoms with Gasteiger partial charge >= 0.3 is 0 Å². The van der Waals surface area contributed by atoms with Crippen LogP contribution in [-0.4, -0.2) is 9.55 Å². The number of nitrogens with zero attached hydrogens (tertiary/aromatic N) is 2. The van der Waals surface area contributed by atoms with Crippen LogP contribution in [0.1, 0.15) is 11.1 Å². The summed E-state index contributed by atoms with van der Waals surface area (Å²) >= 11 is 6.14. The molecule has 0 saturated carbocycles. The number of rotatable bonds is 3. The van der Waals surface area contributed by atoms with E-state index in [0.717, 1.165) is 27.2 Å². The van der Waals surface area contributed by atoms with E-state index in [9.17, 15) is 4.79 Å². The molecule has 3 aromatic rings. The lowest BCUT2D eigenvalue weighted by atomic mass is 10.1.